The summed E-state index contributed by atoms with van der Waals surface area (Å²) in [5.74, 6) is 0.288. The largest absolute Gasteiger partial charge is 0.508 e. The van der Waals surface area contributed by atoms with E-state index < -0.39 is 0 Å². The van der Waals surface area contributed by atoms with Crippen molar-refractivity contribution in [1.82, 2.24) is 10.6 Å². The molecule has 1 rings (SSSR count). The molecule has 0 saturated heterocycles. The van der Waals surface area contributed by atoms with Crippen molar-refractivity contribution in [2.24, 2.45) is 0 Å². The average Bonchev–Trinajstić information content (AvgIpc) is 2.32. The summed E-state index contributed by atoms with van der Waals surface area (Å²) in [5, 5.41) is 14.8. The van der Waals surface area contributed by atoms with Crippen LogP contribution in [-0.4, -0.2) is 24.2 Å². The first kappa shape index (κ1) is 13.4. The molecule has 0 unspecified atom stereocenters. The van der Waals surface area contributed by atoms with E-state index in [-0.39, 0.29) is 11.8 Å². The van der Waals surface area contributed by atoms with Gasteiger partial charge in [0.1, 0.15) is 5.75 Å². The van der Waals surface area contributed by atoms with E-state index in [4.69, 9.17) is 0 Å². The summed E-state index contributed by atoms with van der Waals surface area (Å²) >= 11 is 0. The maximum absolute atomic E-state index is 11.2. The van der Waals surface area contributed by atoms with Gasteiger partial charge in [0.25, 0.3) is 0 Å². The third kappa shape index (κ3) is 5.80. The zero-order valence-electron chi connectivity index (χ0n) is 10.2. The number of urea groups is 1. The fraction of sp³-hybridized carbons (Fsp3) is 0.462. The van der Waals surface area contributed by atoms with Crippen LogP contribution in [0.4, 0.5) is 4.79 Å². The van der Waals surface area contributed by atoms with Gasteiger partial charge < -0.3 is 15.7 Å². The minimum absolute atomic E-state index is 0.109. The van der Waals surface area contributed by atoms with E-state index in [9.17, 15) is 9.90 Å². The van der Waals surface area contributed by atoms with E-state index in [1.165, 1.54) is 0 Å². The highest BCUT2D eigenvalue weighted by atomic mass is 16.3. The Morgan fingerprint density at radius 2 is 2.06 bits per heavy atom. The summed E-state index contributed by atoms with van der Waals surface area (Å²) in [4.78, 5) is 11.2. The van der Waals surface area contributed by atoms with Gasteiger partial charge in [0, 0.05) is 13.1 Å². The van der Waals surface area contributed by atoms with Crippen LogP contribution >= 0.6 is 0 Å². The lowest BCUT2D eigenvalue weighted by Gasteiger charge is -2.06. The molecule has 2 amide bonds. The fourth-order valence-electron chi connectivity index (χ4n) is 1.51. The Bertz CT molecular complexity index is 353. The molecule has 0 aliphatic heterocycles. The van der Waals surface area contributed by atoms with Gasteiger partial charge in [0.2, 0.25) is 0 Å². The number of rotatable bonds is 6. The third-order valence-electron chi connectivity index (χ3n) is 2.37. The lowest BCUT2D eigenvalue weighted by atomic mass is 10.1. The van der Waals surface area contributed by atoms with E-state index in [0.717, 1.165) is 24.8 Å². The topological polar surface area (TPSA) is 61.4 Å². The van der Waals surface area contributed by atoms with Crippen molar-refractivity contribution >= 4 is 6.03 Å². The van der Waals surface area contributed by atoms with Crippen molar-refractivity contribution in [2.45, 2.75) is 26.2 Å². The summed E-state index contributed by atoms with van der Waals surface area (Å²) in [7, 11) is 0. The van der Waals surface area contributed by atoms with Gasteiger partial charge in [0.15, 0.2) is 0 Å². The maximum Gasteiger partial charge on any atom is 0.314 e. The summed E-state index contributed by atoms with van der Waals surface area (Å²) in [6.07, 6.45) is 2.65. The first-order valence-corrected chi connectivity index (χ1v) is 6.02. The molecule has 0 atom stereocenters. The number of hydrogen-bond acceptors (Lipinski definition) is 2. The van der Waals surface area contributed by atoms with E-state index in [2.05, 4.69) is 10.6 Å². The second kappa shape index (κ2) is 7.54. The summed E-state index contributed by atoms with van der Waals surface area (Å²) < 4.78 is 0. The summed E-state index contributed by atoms with van der Waals surface area (Å²) in [5.41, 5.74) is 1.08. The summed E-state index contributed by atoms with van der Waals surface area (Å²) in [6, 6.07) is 7.09. The molecule has 3 N–H and O–H groups in total. The molecule has 1 aromatic carbocycles. The number of carbonyl (C=O) groups is 1. The van der Waals surface area contributed by atoms with Crippen molar-refractivity contribution in [3.8, 4) is 5.75 Å². The molecular weight excluding hydrogens is 216 g/mol. The number of nitrogens with one attached hydrogen (secondary N) is 2. The number of aryl methyl sites for hydroxylation is 1. The van der Waals surface area contributed by atoms with Gasteiger partial charge in [-0.25, -0.2) is 4.79 Å². The van der Waals surface area contributed by atoms with Crippen LogP contribution < -0.4 is 10.6 Å². The van der Waals surface area contributed by atoms with Crippen molar-refractivity contribution in [1.29, 1.82) is 0 Å². The molecule has 0 aromatic heterocycles. The number of phenolic OH excluding ortho intramolecular Hbond substituents is 1. The molecule has 0 aliphatic rings. The Kier molecular flexibility index (Phi) is 5.93. The van der Waals surface area contributed by atoms with Crippen LogP contribution in [0, 0.1) is 0 Å². The second-order valence-electron chi connectivity index (χ2n) is 3.96. The Balaban J connectivity index is 2.14. The molecule has 0 fully saturated rings. The number of carbonyl (C=O) groups excluding carboxylic acids is 1. The van der Waals surface area contributed by atoms with Crippen molar-refractivity contribution in [3.63, 3.8) is 0 Å². The van der Waals surface area contributed by atoms with Gasteiger partial charge in [-0.05, 0) is 37.0 Å². The normalized spacial score (nSPS) is 9.94. The average molecular weight is 236 g/mol. The fourth-order valence-corrected chi connectivity index (χ4v) is 1.51. The highest BCUT2D eigenvalue weighted by molar-refractivity contribution is 5.73. The highest BCUT2D eigenvalue weighted by Crippen LogP contribution is 2.11. The molecule has 0 aliphatic carbocycles. The SMILES string of the molecule is CCCNC(=O)NCCCc1cccc(O)c1. The smallest absolute Gasteiger partial charge is 0.314 e. The van der Waals surface area contributed by atoms with Crippen LogP contribution in [0.2, 0.25) is 0 Å². The van der Waals surface area contributed by atoms with E-state index in [0.29, 0.717) is 13.1 Å². The lowest BCUT2D eigenvalue weighted by Crippen LogP contribution is -2.36. The number of benzene rings is 1. The zero-order valence-corrected chi connectivity index (χ0v) is 10.2. The van der Waals surface area contributed by atoms with Gasteiger partial charge in [-0.2, -0.15) is 0 Å². The first-order chi connectivity index (χ1) is 8.22. The summed E-state index contributed by atoms with van der Waals surface area (Å²) in [6.45, 7) is 3.37. The lowest BCUT2D eigenvalue weighted by molar-refractivity contribution is 0.241. The van der Waals surface area contributed by atoms with Gasteiger partial charge in [-0.3, -0.25) is 0 Å². The Morgan fingerprint density at radius 1 is 1.29 bits per heavy atom. The van der Waals surface area contributed by atoms with Crippen molar-refractivity contribution in [2.75, 3.05) is 13.1 Å². The molecule has 94 valence electrons. The Morgan fingerprint density at radius 3 is 2.76 bits per heavy atom. The van der Waals surface area contributed by atoms with Gasteiger partial charge >= 0.3 is 6.03 Å². The van der Waals surface area contributed by atoms with Crippen molar-refractivity contribution in [3.05, 3.63) is 29.8 Å². The molecule has 1 aromatic rings. The van der Waals surface area contributed by atoms with Crippen LogP contribution in [0.3, 0.4) is 0 Å². The van der Waals surface area contributed by atoms with Crippen LogP contribution in [0.5, 0.6) is 5.75 Å². The molecule has 0 radical (unpaired) electrons. The molecule has 0 bridgehead atoms. The van der Waals surface area contributed by atoms with E-state index in [1.54, 1.807) is 12.1 Å². The molecule has 0 saturated carbocycles. The molecule has 0 heterocycles. The Labute approximate surface area is 102 Å². The number of aromatic hydroxyl groups is 1. The first-order valence-electron chi connectivity index (χ1n) is 6.02. The highest BCUT2D eigenvalue weighted by Gasteiger charge is 1.98. The van der Waals surface area contributed by atoms with Gasteiger partial charge in [0.05, 0.1) is 0 Å². The van der Waals surface area contributed by atoms with Crippen LogP contribution in [0.25, 0.3) is 0 Å². The Hall–Kier alpha value is -1.71. The number of amides is 2. The van der Waals surface area contributed by atoms with Crippen LogP contribution in [-0.2, 0) is 6.42 Å². The minimum atomic E-state index is -0.109. The van der Waals surface area contributed by atoms with Crippen LogP contribution in [0.15, 0.2) is 24.3 Å². The molecule has 4 nitrogen and oxygen atoms in total. The van der Waals surface area contributed by atoms with Gasteiger partial charge in [-0.1, -0.05) is 19.1 Å². The number of hydrogen-bond donors (Lipinski definition) is 3. The maximum atomic E-state index is 11.2. The molecule has 0 spiro atoms. The number of phenols is 1. The zero-order chi connectivity index (χ0) is 12.5. The predicted molar refractivity (Wildman–Crippen MR) is 68.1 cm³/mol. The van der Waals surface area contributed by atoms with E-state index in [1.807, 2.05) is 19.1 Å². The van der Waals surface area contributed by atoms with Crippen molar-refractivity contribution < 1.29 is 9.90 Å². The monoisotopic (exact) mass is 236 g/mol. The van der Waals surface area contributed by atoms with E-state index >= 15 is 0 Å². The molecule has 4 heteroatoms. The quantitative estimate of drug-likeness (QED) is 0.662. The third-order valence-corrected chi connectivity index (χ3v) is 2.37. The predicted octanol–water partition coefficient (Wildman–Crippen LogP) is 2.03. The minimum Gasteiger partial charge on any atom is -0.508 e. The standard InChI is InChI=1S/C13H20N2O2/c1-2-8-14-13(17)15-9-4-6-11-5-3-7-12(16)10-11/h3,5,7,10,16H,2,4,6,8-9H2,1H3,(H2,14,15,17). The van der Waals surface area contributed by atoms with Gasteiger partial charge in [-0.15, -0.1) is 0 Å². The van der Waals surface area contributed by atoms with Crippen LogP contribution in [0.1, 0.15) is 25.3 Å². The molecule has 17 heavy (non-hydrogen) atoms. The molecular formula is C13H20N2O2. The second-order valence-corrected chi connectivity index (χ2v) is 3.96.